The van der Waals surface area contributed by atoms with Crippen LogP contribution in [0.3, 0.4) is 0 Å². The molecule has 126 valence electrons. The molecule has 0 saturated carbocycles. The van der Waals surface area contributed by atoms with E-state index in [-0.39, 0.29) is 0 Å². The Balaban J connectivity index is 1.52. The van der Waals surface area contributed by atoms with Crippen molar-refractivity contribution in [3.63, 3.8) is 0 Å². The molecule has 0 aliphatic heterocycles. The van der Waals surface area contributed by atoms with E-state index in [1.54, 1.807) is 16.8 Å². The minimum Gasteiger partial charge on any atom is -0.367 e. The number of H-pyrrole nitrogens is 1. The standard InChI is InChI=1S/C17H17N7O/c1-11-3-2-4-13-12(9-20-14(11)13)5-6-18-15-16-22-23-17(21-10-25)24(16)8-7-19-15/h2-4,7-10,20H,5-6H2,1H3,(H,18,19)(H,21,23,25). The molecule has 3 heterocycles. The summed E-state index contributed by atoms with van der Waals surface area (Å²) in [5.41, 5.74) is 4.24. The molecule has 0 bridgehead atoms. The number of aromatic nitrogens is 5. The van der Waals surface area contributed by atoms with Crippen molar-refractivity contribution in [1.29, 1.82) is 0 Å². The quantitative estimate of drug-likeness (QED) is 0.469. The Labute approximate surface area is 143 Å². The normalized spacial score (nSPS) is 11.1. The zero-order chi connectivity index (χ0) is 17.2. The maximum Gasteiger partial charge on any atom is 0.235 e. The molecule has 0 radical (unpaired) electrons. The highest BCUT2D eigenvalue weighted by Gasteiger charge is 2.10. The minimum absolute atomic E-state index is 0.363. The molecule has 8 heteroatoms. The van der Waals surface area contributed by atoms with Crippen molar-refractivity contribution >= 4 is 34.7 Å². The summed E-state index contributed by atoms with van der Waals surface area (Å²) < 4.78 is 1.68. The molecule has 0 saturated heterocycles. The van der Waals surface area contributed by atoms with Crippen LogP contribution in [0.4, 0.5) is 11.8 Å². The van der Waals surface area contributed by atoms with Crippen LogP contribution in [0, 0.1) is 6.92 Å². The van der Waals surface area contributed by atoms with E-state index in [1.165, 1.54) is 22.0 Å². The van der Waals surface area contributed by atoms with Gasteiger partial charge in [0, 0.05) is 36.0 Å². The molecule has 25 heavy (non-hydrogen) atoms. The third-order valence-electron chi connectivity index (χ3n) is 4.21. The van der Waals surface area contributed by atoms with Crippen molar-refractivity contribution < 1.29 is 4.79 Å². The Hall–Kier alpha value is -3.42. The number of hydrogen-bond donors (Lipinski definition) is 3. The average Bonchev–Trinajstić information content (AvgIpc) is 3.22. The van der Waals surface area contributed by atoms with Gasteiger partial charge in [0.25, 0.3) is 0 Å². The Morgan fingerprint density at radius 2 is 2.24 bits per heavy atom. The highest BCUT2D eigenvalue weighted by Crippen LogP contribution is 2.22. The predicted octanol–water partition coefficient (Wildman–Crippen LogP) is 2.14. The van der Waals surface area contributed by atoms with Gasteiger partial charge in [-0.15, -0.1) is 10.2 Å². The third kappa shape index (κ3) is 2.67. The van der Waals surface area contributed by atoms with Crippen molar-refractivity contribution in [3.05, 3.63) is 47.9 Å². The number of hydrogen-bond acceptors (Lipinski definition) is 5. The van der Waals surface area contributed by atoms with E-state index in [1.807, 2.05) is 0 Å². The molecule has 0 fully saturated rings. The molecular weight excluding hydrogens is 318 g/mol. The van der Waals surface area contributed by atoms with Gasteiger partial charge >= 0.3 is 0 Å². The van der Waals surface area contributed by atoms with E-state index >= 15 is 0 Å². The first-order valence-electron chi connectivity index (χ1n) is 7.97. The summed E-state index contributed by atoms with van der Waals surface area (Å²) in [7, 11) is 0. The van der Waals surface area contributed by atoms with Crippen molar-refractivity contribution in [2.24, 2.45) is 0 Å². The maximum absolute atomic E-state index is 10.6. The smallest absolute Gasteiger partial charge is 0.235 e. The topological polar surface area (TPSA) is 100 Å². The SMILES string of the molecule is Cc1cccc2c(CCNc3nccn4c(NC=O)nnc34)c[nH]c12. The minimum atomic E-state index is 0.363. The van der Waals surface area contributed by atoms with Crippen LogP contribution in [0.15, 0.2) is 36.8 Å². The molecule has 1 amide bonds. The van der Waals surface area contributed by atoms with Gasteiger partial charge in [-0.2, -0.15) is 0 Å². The van der Waals surface area contributed by atoms with E-state index < -0.39 is 0 Å². The summed E-state index contributed by atoms with van der Waals surface area (Å²) in [6, 6.07) is 6.30. The molecule has 3 aromatic heterocycles. The number of carbonyl (C=O) groups is 1. The first-order chi connectivity index (χ1) is 12.3. The van der Waals surface area contributed by atoms with Gasteiger partial charge in [0.15, 0.2) is 5.82 Å². The van der Waals surface area contributed by atoms with Crippen LogP contribution in [0.1, 0.15) is 11.1 Å². The number of aromatic amines is 1. The Morgan fingerprint density at radius 1 is 1.32 bits per heavy atom. The van der Waals surface area contributed by atoms with Crippen LogP contribution < -0.4 is 10.6 Å². The number of nitrogens with zero attached hydrogens (tertiary/aromatic N) is 4. The van der Waals surface area contributed by atoms with Gasteiger partial charge in [-0.25, -0.2) is 4.98 Å². The van der Waals surface area contributed by atoms with Gasteiger partial charge in [0.05, 0.1) is 0 Å². The molecule has 1 aromatic carbocycles. The Bertz CT molecular complexity index is 1050. The molecule has 0 aliphatic carbocycles. The molecule has 4 aromatic rings. The van der Waals surface area contributed by atoms with E-state index in [4.69, 9.17) is 0 Å². The summed E-state index contributed by atoms with van der Waals surface area (Å²) in [6.07, 6.45) is 6.82. The zero-order valence-corrected chi connectivity index (χ0v) is 13.7. The second-order valence-electron chi connectivity index (χ2n) is 5.74. The van der Waals surface area contributed by atoms with Crippen LogP contribution in [0.2, 0.25) is 0 Å². The van der Waals surface area contributed by atoms with E-state index in [9.17, 15) is 4.79 Å². The first-order valence-corrected chi connectivity index (χ1v) is 7.97. The number of rotatable bonds is 6. The summed E-state index contributed by atoms with van der Waals surface area (Å²) in [4.78, 5) is 18.3. The lowest BCUT2D eigenvalue weighted by molar-refractivity contribution is -0.105. The summed E-state index contributed by atoms with van der Waals surface area (Å²) in [5.74, 6) is 0.993. The Kier molecular flexibility index (Phi) is 3.77. The number of anilines is 2. The van der Waals surface area contributed by atoms with Gasteiger partial charge in [-0.05, 0) is 24.5 Å². The maximum atomic E-state index is 10.6. The van der Waals surface area contributed by atoms with Gasteiger partial charge < -0.3 is 10.3 Å². The second-order valence-corrected chi connectivity index (χ2v) is 5.74. The number of nitrogens with one attached hydrogen (secondary N) is 3. The summed E-state index contributed by atoms with van der Waals surface area (Å²) in [5, 5.41) is 15.1. The molecule has 4 rings (SSSR count). The number of amides is 1. The zero-order valence-electron chi connectivity index (χ0n) is 13.7. The lowest BCUT2D eigenvalue weighted by Gasteiger charge is -2.06. The highest BCUT2D eigenvalue weighted by atomic mass is 16.1. The number of fused-ring (bicyclic) bond motifs is 2. The lowest BCUT2D eigenvalue weighted by atomic mass is 10.1. The molecular formula is C17H17N7O. The van der Waals surface area contributed by atoms with Crippen molar-refractivity contribution in [1.82, 2.24) is 24.6 Å². The third-order valence-corrected chi connectivity index (χ3v) is 4.21. The molecule has 0 atom stereocenters. The predicted molar refractivity (Wildman–Crippen MR) is 95.7 cm³/mol. The van der Waals surface area contributed by atoms with Crippen LogP contribution in [-0.2, 0) is 11.2 Å². The van der Waals surface area contributed by atoms with Gasteiger partial charge in [-0.3, -0.25) is 14.5 Å². The molecule has 8 nitrogen and oxygen atoms in total. The van der Waals surface area contributed by atoms with Gasteiger partial charge in [0.2, 0.25) is 18.0 Å². The number of benzene rings is 1. The summed E-state index contributed by atoms with van der Waals surface area (Å²) >= 11 is 0. The molecule has 0 aliphatic rings. The summed E-state index contributed by atoms with van der Waals surface area (Å²) in [6.45, 7) is 2.80. The van der Waals surface area contributed by atoms with Crippen molar-refractivity contribution in [2.45, 2.75) is 13.3 Å². The van der Waals surface area contributed by atoms with Gasteiger partial charge in [-0.1, -0.05) is 18.2 Å². The monoisotopic (exact) mass is 335 g/mol. The fourth-order valence-electron chi connectivity index (χ4n) is 2.99. The van der Waals surface area contributed by atoms with Crippen molar-refractivity contribution in [3.8, 4) is 0 Å². The van der Waals surface area contributed by atoms with Crippen LogP contribution in [-0.4, -0.2) is 37.5 Å². The number of aryl methyl sites for hydroxylation is 1. The molecule has 0 unspecified atom stereocenters. The fourth-order valence-corrected chi connectivity index (χ4v) is 2.99. The second kappa shape index (κ2) is 6.23. The van der Waals surface area contributed by atoms with Crippen LogP contribution in [0.5, 0.6) is 0 Å². The van der Waals surface area contributed by atoms with Crippen LogP contribution >= 0.6 is 0 Å². The average molecular weight is 335 g/mol. The highest BCUT2D eigenvalue weighted by molar-refractivity contribution is 5.85. The molecule has 3 N–H and O–H groups in total. The van der Waals surface area contributed by atoms with E-state index in [2.05, 4.69) is 62.1 Å². The lowest BCUT2D eigenvalue weighted by Crippen LogP contribution is -2.08. The first kappa shape index (κ1) is 15.1. The van der Waals surface area contributed by atoms with Crippen LogP contribution in [0.25, 0.3) is 16.6 Å². The number of para-hydroxylation sites is 1. The van der Waals surface area contributed by atoms with E-state index in [0.717, 1.165) is 6.42 Å². The Morgan fingerprint density at radius 3 is 3.12 bits per heavy atom. The molecule has 0 spiro atoms. The van der Waals surface area contributed by atoms with Crippen molar-refractivity contribution in [2.75, 3.05) is 17.2 Å². The number of carbonyl (C=O) groups excluding carboxylic acids is 1. The van der Waals surface area contributed by atoms with E-state index in [0.29, 0.717) is 30.4 Å². The fraction of sp³-hybridized carbons (Fsp3) is 0.176. The van der Waals surface area contributed by atoms with Gasteiger partial charge in [0.1, 0.15) is 0 Å². The largest absolute Gasteiger partial charge is 0.367 e.